The van der Waals surface area contributed by atoms with Crippen molar-refractivity contribution >= 4 is 11.8 Å². The number of H-pyrrole nitrogens is 1. The summed E-state index contributed by atoms with van der Waals surface area (Å²) in [5.74, 6) is 0.253. The first-order chi connectivity index (χ1) is 8.32. The summed E-state index contributed by atoms with van der Waals surface area (Å²) in [6.45, 7) is 5.66. The molecule has 1 rings (SSSR count). The highest BCUT2D eigenvalue weighted by atomic mass is 16.4. The monoisotopic (exact) mass is 253 g/mol. The lowest BCUT2D eigenvalue weighted by molar-refractivity contribution is -0.137. The van der Waals surface area contributed by atoms with E-state index in [1.165, 1.54) is 6.07 Å². The molecule has 0 bridgehead atoms. The Hall–Kier alpha value is -1.85. The number of aromatic amines is 1. The van der Waals surface area contributed by atoms with E-state index in [1.807, 2.05) is 20.8 Å². The van der Waals surface area contributed by atoms with Crippen LogP contribution >= 0.6 is 0 Å². The molecular formula is C12H19N3O3. The quantitative estimate of drug-likeness (QED) is 0.712. The number of carbonyl (C=O) groups is 1. The molecule has 6 heteroatoms. The van der Waals surface area contributed by atoms with Crippen LogP contribution in [0.4, 0.5) is 5.82 Å². The molecule has 1 aromatic rings. The van der Waals surface area contributed by atoms with E-state index in [1.54, 1.807) is 0 Å². The molecule has 18 heavy (non-hydrogen) atoms. The van der Waals surface area contributed by atoms with E-state index in [0.29, 0.717) is 24.5 Å². The Morgan fingerprint density at radius 1 is 1.56 bits per heavy atom. The average molecular weight is 253 g/mol. The highest BCUT2D eigenvalue weighted by Gasteiger charge is 2.19. The van der Waals surface area contributed by atoms with Crippen LogP contribution in [0.25, 0.3) is 0 Å². The van der Waals surface area contributed by atoms with Gasteiger partial charge < -0.3 is 15.4 Å². The van der Waals surface area contributed by atoms with Crippen molar-refractivity contribution in [3.63, 3.8) is 0 Å². The van der Waals surface area contributed by atoms with Gasteiger partial charge in [-0.25, -0.2) is 4.98 Å². The molecule has 0 atom stereocenters. The fourth-order valence-corrected chi connectivity index (χ4v) is 1.57. The summed E-state index contributed by atoms with van der Waals surface area (Å²) >= 11 is 0. The van der Waals surface area contributed by atoms with E-state index in [-0.39, 0.29) is 12.0 Å². The van der Waals surface area contributed by atoms with Gasteiger partial charge in [0.15, 0.2) is 0 Å². The lowest BCUT2D eigenvalue weighted by Gasteiger charge is -2.26. The van der Waals surface area contributed by atoms with E-state index in [9.17, 15) is 9.59 Å². The van der Waals surface area contributed by atoms with Crippen molar-refractivity contribution in [1.82, 2.24) is 9.97 Å². The molecule has 6 nitrogen and oxygen atoms in total. The Labute approximate surface area is 105 Å². The zero-order chi connectivity index (χ0) is 13.8. The normalized spacial score (nSPS) is 11.3. The molecule has 0 spiro atoms. The molecule has 0 saturated carbocycles. The number of hydrogen-bond acceptors (Lipinski definition) is 4. The largest absolute Gasteiger partial charge is 0.481 e. The third kappa shape index (κ3) is 4.57. The summed E-state index contributed by atoms with van der Waals surface area (Å²) in [6, 6.07) is 1.38. The smallest absolute Gasteiger partial charge is 0.303 e. The number of hydrogen-bond donors (Lipinski definition) is 3. The number of rotatable bonds is 6. The van der Waals surface area contributed by atoms with Crippen LogP contribution in [0, 0.1) is 0 Å². The number of nitrogens with one attached hydrogen (secondary N) is 2. The minimum absolute atomic E-state index is 0.0732. The van der Waals surface area contributed by atoms with E-state index in [0.717, 1.165) is 0 Å². The first-order valence-electron chi connectivity index (χ1n) is 5.92. The summed E-state index contributed by atoms with van der Waals surface area (Å²) in [6.07, 6.45) is 1.17. The van der Waals surface area contributed by atoms with Crippen LogP contribution < -0.4 is 10.9 Å². The fourth-order valence-electron chi connectivity index (χ4n) is 1.57. The second-order valence-corrected chi connectivity index (χ2v) is 4.83. The average Bonchev–Trinajstić information content (AvgIpc) is 2.25. The number of carboxylic acid groups (broad SMARTS) is 1. The maximum Gasteiger partial charge on any atom is 0.303 e. The highest BCUT2D eigenvalue weighted by molar-refractivity contribution is 5.66. The van der Waals surface area contributed by atoms with E-state index >= 15 is 0 Å². The van der Waals surface area contributed by atoms with Crippen molar-refractivity contribution in [3.8, 4) is 0 Å². The van der Waals surface area contributed by atoms with Gasteiger partial charge in [-0.3, -0.25) is 9.59 Å². The van der Waals surface area contributed by atoms with E-state index in [2.05, 4.69) is 15.3 Å². The molecular weight excluding hydrogens is 234 g/mol. The molecule has 0 aliphatic rings. The van der Waals surface area contributed by atoms with Gasteiger partial charge in [0.05, 0.1) is 0 Å². The first kappa shape index (κ1) is 14.2. The van der Waals surface area contributed by atoms with Gasteiger partial charge in [0, 0.05) is 24.4 Å². The van der Waals surface area contributed by atoms with Gasteiger partial charge in [-0.2, -0.15) is 0 Å². The minimum Gasteiger partial charge on any atom is -0.481 e. The molecule has 0 radical (unpaired) electrons. The van der Waals surface area contributed by atoms with Crippen molar-refractivity contribution in [2.45, 2.75) is 45.6 Å². The number of aliphatic carboxylic acids is 1. The molecule has 0 amide bonds. The highest BCUT2D eigenvalue weighted by Crippen LogP contribution is 2.17. The summed E-state index contributed by atoms with van der Waals surface area (Å²) in [7, 11) is 0. The number of aromatic nitrogens is 2. The Morgan fingerprint density at radius 3 is 2.78 bits per heavy atom. The first-order valence-corrected chi connectivity index (χ1v) is 5.92. The molecule has 0 saturated heterocycles. The van der Waals surface area contributed by atoms with Gasteiger partial charge in [0.25, 0.3) is 5.56 Å². The third-order valence-electron chi connectivity index (χ3n) is 2.56. The molecule has 0 aromatic carbocycles. The molecule has 0 fully saturated rings. The summed E-state index contributed by atoms with van der Waals surface area (Å²) < 4.78 is 0. The molecule has 0 aliphatic heterocycles. The number of anilines is 1. The number of carboxylic acids is 1. The summed E-state index contributed by atoms with van der Waals surface area (Å²) in [4.78, 5) is 28.8. The van der Waals surface area contributed by atoms with Gasteiger partial charge in [-0.05, 0) is 20.3 Å². The topological polar surface area (TPSA) is 95.1 Å². The van der Waals surface area contributed by atoms with Crippen molar-refractivity contribution in [1.29, 1.82) is 0 Å². The van der Waals surface area contributed by atoms with Crippen molar-refractivity contribution < 1.29 is 9.90 Å². The zero-order valence-electron chi connectivity index (χ0n) is 10.9. The summed E-state index contributed by atoms with van der Waals surface area (Å²) in [5, 5.41) is 11.8. The fraction of sp³-hybridized carbons (Fsp3) is 0.583. The van der Waals surface area contributed by atoms with Gasteiger partial charge >= 0.3 is 5.97 Å². The van der Waals surface area contributed by atoms with Crippen LogP contribution in [-0.4, -0.2) is 26.6 Å². The van der Waals surface area contributed by atoms with Crippen LogP contribution in [0.3, 0.4) is 0 Å². The van der Waals surface area contributed by atoms with Crippen LogP contribution in [0.15, 0.2) is 10.9 Å². The van der Waals surface area contributed by atoms with Gasteiger partial charge in [-0.1, -0.05) is 6.92 Å². The second-order valence-electron chi connectivity index (χ2n) is 4.83. The molecule has 1 aromatic heterocycles. The van der Waals surface area contributed by atoms with Crippen molar-refractivity contribution in [3.05, 3.63) is 22.2 Å². The van der Waals surface area contributed by atoms with Crippen LogP contribution in [0.2, 0.25) is 0 Å². The maximum absolute atomic E-state index is 11.4. The SMILES string of the molecule is CCc1nc(NC(C)(C)CCC(=O)O)cc(=O)[nH]1. The van der Waals surface area contributed by atoms with Crippen LogP contribution in [0.5, 0.6) is 0 Å². The third-order valence-corrected chi connectivity index (χ3v) is 2.56. The minimum atomic E-state index is -0.835. The van der Waals surface area contributed by atoms with E-state index < -0.39 is 11.5 Å². The van der Waals surface area contributed by atoms with Gasteiger partial charge in [0.1, 0.15) is 11.6 Å². The lowest BCUT2D eigenvalue weighted by atomic mass is 9.98. The number of aryl methyl sites for hydroxylation is 1. The second kappa shape index (κ2) is 5.66. The Kier molecular flexibility index (Phi) is 4.47. The van der Waals surface area contributed by atoms with Crippen molar-refractivity contribution in [2.24, 2.45) is 0 Å². The van der Waals surface area contributed by atoms with Gasteiger partial charge in [-0.15, -0.1) is 0 Å². The predicted molar refractivity (Wildman–Crippen MR) is 68.8 cm³/mol. The predicted octanol–water partition coefficient (Wildman–Crippen LogP) is 1.39. The Bertz CT molecular complexity index is 480. The van der Waals surface area contributed by atoms with E-state index in [4.69, 9.17) is 5.11 Å². The molecule has 1 heterocycles. The molecule has 0 unspecified atom stereocenters. The van der Waals surface area contributed by atoms with Gasteiger partial charge in [0.2, 0.25) is 0 Å². The Balaban J connectivity index is 2.79. The molecule has 3 N–H and O–H groups in total. The molecule has 100 valence electrons. The maximum atomic E-state index is 11.4. The zero-order valence-corrected chi connectivity index (χ0v) is 10.9. The van der Waals surface area contributed by atoms with Crippen LogP contribution in [-0.2, 0) is 11.2 Å². The standard InChI is InChI=1S/C12H19N3O3/c1-4-8-13-9(7-10(16)14-8)15-12(2,3)6-5-11(17)18/h7H,4-6H2,1-3H3,(H,17,18)(H2,13,14,15,16). The summed E-state index contributed by atoms with van der Waals surface area (Å²) in [5.41, 5.74) is -0.636. The molecule has 0 aliphatic carbocycles. The Morgan fingerprint density at radius 2 is 2.22 bits per heavy atom. The van der Waals surface area contributed by atoms with Crippen LogP contribution in [0.1, 0.15) is 39.4 Å². The number of nitrogens with zero attached hydrogens (tertiary/aromatic N) is 1. The lowest BCUT2D eigenvalue weighted by Crippen LogP contribution is -2.32. The van der Waals surface area contributed by atoms with Crippen molar-refractivity contribution in [2.75, 3.05) is 5.32 Å².